The fraction of sp³-hybridized carbons (Fsp3) is 0.467. The van der Waals surface area contributed by atoms with E-state index < -0.39 is 28.4 Å². The largest absolute Gasteiger partial charge is 0.481 e. The molecule has 0 aromatic heterocycles. The SMILES string of the molecule is CC(C)OCCS(=O)(=O)NCC(=O)Nc1cccc(CC(=O)O)c1. The normalized spacial score (nSPS) is 11.5. The number of sulfonamides is 1. The second kappa shape index (κ2) is 9.36. The minimum Gasteiger partial charge on any atom is -0.481 e. The fourth-order valence-electron chi connectivity index (χ4n) is 1.78. The topological polar surface area (TPSA) is 122 Å². The number of hydrogen-bond donors (Lipinski definition) is 3. The molecule has 0 saturated carbocycles. The van der Waals surface area contributed by atoms with Crippen LogP contribution < -0.4 is 10.0 Å². The van der Waals surface area contributed by atoms with Crippen molar-refractivity contribution in [3.63, 3.8) is 0 Å². The van der Waals surface area contributed by atoms with Gasteiger partial charge in [-0.1, -0.05) is 12.1 Å². The van der Waals surface area contributed by atoms with Crippen LogP contribution in [-0.4, -0.2) is 50.4 Å². The van der Waals surface area contributed by atoms with E-state index in [-0.39, 0.29) is 24.9 Å². The first-order valence-electron chi connectivity index (χ1n) is 7.37. The maximum absolute atomic E-state index is 11.8. The molecule has 0 spiro atoms. The van der Waals surface area contributed by atoms with Crippen molar-refractivity contribution >= 4 is 27.6 Å². The molecule has 0 unspecified atom stereocenters. The average Bonchev–Trinajstić information content (AvgIpc) is 2.44. The Labute approximate surface area is 141 Å². The van der Waals surface area contributed by atoms with Crippen molar-refractivity contribution in [3.05, 3.63) is 29.8 Å². The Morgan fingerprint density at radius 1 is 1.29 bits per heavy atom. The van der Waals surface area contributed by atoms with Gasteiger partial charge in [0.15, 0.2) is 0 Å². The zero-order valence-corrected chi connectivity index (χ0v) is 14.4. The lowest BCUT2D eigenvalue weighted by Crippen LogP contribution is -2.35. The number of nitrogens with one attached hydrogen (secondary N) is 2. The molecule has 0 bridgehead atoms. The van der Waals surface area contributed by atoms with Crippen LogP contribution in [-0.2, 0) is 30.8 Å². The standard InChI is InChI=1S/C15H22N2O6S/c1-11(2)23-6-7-24(21,22)16-10-14(18)17-13-5-3-4-12(8-13)9-15(19)20/h3-5,8,11,16H,6-7,9-10H2,1-2H3,(H,17,18)(H,19,20). The van der Waals surface area contributed by atoms with Crippen LogP contribution >= 0.6 is 0 Å². The number of aliphatic carboxylic acids is 1. The van der Waals surface area contributed by atoms with E-state index in [1.54, 1.807) is 32.0 Å². The van der Waals surface area contributed by atoms with E-state index in [4.69, 9.17) is 9.84 Å². The predicted molar refractivity (Wildman–Crippen MR) is 89.3 cm³/mol. The Morgan fingerprint density at radius 2 is 2.00 bits per heavy atom. The van der Waals surface area contributed by atoms with Gasteiger partial charge >= 0.3 is 5.97 Å². The molecule has 8 nitrogen and oxygen atoms in total. The summed E-state index contributed by atoms with van der Waals surface area (Å²) < 4.78 is 30.8. The third-order valence-electron chi connectivity index (χ3n) is 2.82. The van der Waals surface area contributed by atoms with Gasteiger partial charge in [0.2, 0.25) is 15.9 Å². The fourth-order valence-corrected chi connectivity index (χ4v) is 2.59. The summed E-state index contributed by atoms with van der Waals surface area (Å²) in [5.74, 6) is -1.75. The molecule has 0 radical (unpaired) electrons. The monoisotopic (exact) mass is 358 g/mol. The van der Waals surface area contributed by atoms with Gasteiger partial charge in [-0.15, -0.1) is 0 Å². The first-order valence-corrected chi connectivity index (χ1v) is 9.02. The average molecular weight is 358 g/mol. The maximum Gasteiger partial charge on any atom is 0.307 e. The molecular formula is C15H22N2O6S. The van der Waals surface area contributed by atoms with E-state index >= 15 is 0 Å². The zero-order valence-electron chi connectivity index (χ0n) is 13.6. The number of amides is 1. The minimum atomic E-state index is -3.60. The van der Waals surface area contributed by atoms with Gasteiger partial charge in [-0.05, 0) is 31.5 Å². The molecule has 1 amide bonds. The summed E-state index contributed by atoms with van der Waals surface area (Å²) >= 11 is 0. The lowest BCUT2D eigenvalue weighted by Gasteiger charge is -2.10. The van der Waals surface area contributed by atoms with Crippen molar-refractivity contribution in [1.82, 2.24) is 4.72 Å². The van der Waals surface area contributed by atoms with Crippen molar-refractivity contribution in [2.75, 3.05) is 24.2 Å². The highest BCUT2D eigenvalue weighted by molar-refractivity contribution is 7.89. The molecule has 1 aromatic rings. The lowest BCUT2D eigenvalue weighted by atomic mass is 10.1. The summed E-state index contributed by atoms with van der Waals surface area (Å²) in [5, 5.41) is 11.3. The summed E-state index contributed by atoms with van der Waals surface area (Å²) in [4.78, 5) is 22.5. The van der Waals surface area contributed by atoms with Crippen LogP contribution in [0.5, 0.6) is 0 Å². The van der Waals surface area contributed by atoms with E-state index in [1.165, 1.54) is 6.07 Å². The molecule has 0 atom stereocenters. The van der Waals surface area contributed by atoms with Crippen molar-refractivity contribution in [1.29, 1.82) is 0 Å². The van der Waals surface area contributed by atoms with Crippen molar-refractivity contribution in [3.8, 4) is 0 Å². The van der Waals surface area contributed by atoms with E-state index in [0.717, 1.165) is 0 Å². The molecule has 1 aromatic carbocycles. The number of benzene rings is 1. The number of ether oxygens (including phenoxy) is 1. The van der Waals surface area contributed by atoms with Crippen LogP contribution in [0.3, 0.4) is 0 Å². The molecule has 9 heteroatoms. The molecule has 0 heterocycles. The number of carboxylic acid groups (broad SMARTS) is 1. The first-order chi connectivity index (χ1) is 11.2. The quantitative estimate of drug-likeness (QED) is 0.563. The highest BCUT2D eigenvalue weighted by Gasteiger charge is 2.13. The van der Waals surface area contributed by atoms with Crippen LogP contribution in [0, 0.1) is 0 Å². The highest BCUT2D eigenvalue weighted by atomic mass is 32.2. The van der Waals surface area contributed by atoms with Crippen LogP contribution in [0.1, 0.15) is 19.4 Å². The number of carbonyl (C=O) groups is 2. The molecule has 0 aliphatic carbocycles. The minimum absolute atomic E-state index is 0.0475. The maximum atomic E-state index is 11.8. The van der Waals surface area contributed by atoms with E-state index in [0.29, 0.717) is 11.3 Å². The van der Waals surface area contributed by atoms with Crippen molar-refractivity contribution in [2.24, 2.45) is 0 Å². The third-order valence-corrected chi connectivity index (χ3v) is 4.11. The van der Waals surface area contributed by atoms with Gasteiger partial charge in [0.05, 0.1) is 31.4 Å². The Morgan fingerprint density at radius 3 is 2.62 bits per heavy atom. The van der Waals surface area contributed by atoms with Crippen LogP contribution in [0.4, 0.5) is 5.69 Å². The predicted octanol–water partition coefficient (Wildman–Crippen LogP) is 0.597. The second-order valence-corrected chi connectivity index (χ2v) is 7.31. The molecule has 0 aliphatic heterocycles. The Balaban J connectivity index is 2.47. The second-order valence-electron chi connectivity index (χ2n) is 5.38. The number of carboxylic acids is 1. The van der Waals surface area contributed by atoms with Crippen LogP contribution in [0.15, 0.2) is 24.3 Å². The number of anilines is 1. The van der Waals surface area contributed by atoms with Gasteiger partial charge in [-0.25, -0.2) is 13.1 Å². The molecular weight excluding hydrogens is 336 g/mol. The summed E-state index contributed by atoms with van der Waals surface area (Å²) in [7, 11) is -3.60. The Bertz CT molecular complexity index is 672. The summed E-state index contributed by atoms with van der Waals surface area (Å²) in [6.07, 6.45) is -0.229. The summed E-state index contributed by atoms with van der Waals surface area (Å²) in [5.41, 5.74) is 0.938. The van der Waals surface area contributed by atoms with Gasteiger partial charge in [0.1, 0.15) is 0 Å². The number of hydrogen-bond acceptors (Lipinski definition) is 5. The molecule has 0 fully saturated rings. The van der Waals surface area contributed by atoms with Crippen molar-refractivity contribution in [2.45, 2.75) is 26.4 Å². The molecule has 1 rings (SSSR count). The number of rotatable bonds is 10. The van der Waals surface area contributed by atoms with Gasteiger partial charge < -0.3 is 15.2 Å². The molecule has 0 saturated heterocycles. The zero-order chi connectivity index (χ0) is 18.2. The number of carbonyl (C=O) groups excluding carboxylic acids is 1. The van der Waals surface area contributed by atoms with Gasteiger partial charge in [0.25, 0.3) is 0 Å². The highest BCUT2D eigenvalue weighted by Crippen LogP contribution is 2.11. The lowest BCUT2D eigenvalue weighted by molar-refractivity contribution is -0.136. The first kappa shape index (κ1) is 20.1. The van der Waals surface area contributed by atoms with Gasteiger partial charge in [-0.3, -0.25) is 9.59 Å². The summed E-state index contributed by atoms with van der Waals surface area (Å²) in [6.45, 7) is 3.23. The summed E-state index contributed by atoms with van der Waals surface area (Å²) in [6, 6.07) is 6.35. The molecule has 24 heavy (non-hydrogen) atoms. The Hall–Kier alpha value is -1.97. The smallest absolute Gasteiger partial charge is 0.307 e. The van der Waals surface area contributed by atoms with Gasteiger partial charge in [0, 0.05) is 5.69 Å². The van der Waals surface area contributed by atoms with E-state index in [9.17, 15) is 18.0 Å². The van der Waals surface area contributed by atoms with Gasteiger partial charge in [-0.2, -0.15) is 0 Å². The van der Waals surface area contributed by atoms with Crippen LogP contribution in [0.2, 0.25) is 0 Å². The van der Waals surface area contributed by atoms with E-state index in [1.807, 2.05) is 0 Å². The molecule has 3 N–H and O–H groups in total. The van der Waals surface area contributed by atoms with Crippen LogP contribution in [0.25, 0.3) is 0 Å². The Kier molecular flexibility index (Phi) is 7.83. The molecule has 0 aliphatic rings. The third kappa shape index (κ3) is 8.61. The van der Waals surface area contributed by atoms with Crippen molar-refractivity contribution < 1.29 is 27.9 Å². The molecule has 134 valence electrons. The van der Waals surface area contributed by atoms with E-state index in [2.05, 4.69) is 10.0 Å².